The van der Waals surface area contributed by atoms with Crippen molar-refractivity contribution in [3.05, 3.63) is 24.2 Å². The van der Waals surface area contributed by atoms with E-state index in [1.165, 1.54) is 19.3 Å². The zero-order valence-electron chi connectivity index (χ0n) is 12.2. The predicted octanol–water partition coefficient (Wildman–Crippen LogP) is 5.07. The van der Waals surface area contributed by atoms with Gasteiger partial charge in [0.05, 0.1) is 6.26 Å². The van der Waals surface area contributed by atoms with Gasteiger partial charge in [0.1, 0.15) is 11.9 Å². The van der Waals surface area contributed by atoms with Crippen molar-refractivity contribution >= 4 is 15.9 Å². The first kappa shape index (κ1) is 16.7. The molecule has 0 amide bonds. The number of hydrogen-bond acceptors (Lipinski definition) is 3. The third kappa shape index (κ3) is 6.59. The highest BCUT2D eigenvalue weighted by atomic mass is 79.9. The Kier molecular flexibility index (Phi) is 7.73. The van der Waals surface area contributed by atoms with Crippen LogP contribution >= 0.6 is 15.9 Å². The predicted molar refractivity (Wildman–Crippen MR) is 80.5 cm³/mol. The van der Waals surface area contributed by atoms with Crippen molar-refractivity contribution in [1.29, 1.82) is 0 Å². The van der Waals surface area contributed by atoms with Gasteiger partial charge in [0, 0.05) is 12.4 Å². The lowest BCUT2D eigenvalue weighted by Gasteiger charge is -2.28. The van der Waals surface area contributed by atoms with Crippen LogP contribution in [-0.2, 0) is 9.47 Å². The van der Waals surface area contributed by atoms with Gasteiger partial charge < -0.3 is 13.9 Å². The van der Waals surface area contributed by atoms with E-state index < -0.39 is 5.79 Å². The van der Waals surface area contributed by atoms with E-state index in [1.807, 2.05) is 26.0 Å². The Bertz CT molecular complexity index is 322. The molecule has 1 rings (SSSR count). The third-order valence-corrected chi connectivity index (χ3v) is 3.69. The molecule has 0 fully saturated rings. The number of halogens is 1. The first-order valence-electron chi connectivity index (χ1n) is 6.91. The van der Waals surface area contributed by atoms with Gasteiger partial charge in [-0.15, -0.1) is 0 Å². The number of rotatable bonds is 10. The standard InChI is InChI=1S/C15H25BrO3/c1-15(2,17-3)19-14(13-10-8-12-18-13)9-6-4-5-7-11-16/h8,10,12,14H,4-7,9,11H2,1-3H3. The van der Waals surface area contributed by atoms with E-state index in [-0.39, 0.29) is 6.10 Å². The minimum Gasteiger partial charge on any atom is -0.467 e. The van der Waals surface area contributed by atoms with Gasteiger partial charge in [-0.2, -0.15) is 0 Å². The summed E-state index contributed by atoms with van der Waals surface area (Å²) in [4.78, 5) is 0. The second-order valence-electron chi connectivity index (χ2n) is 5.12. The minimum absolute atomic E-state index is 0.0334. The first-order chi connectivity index (χ1) is 9.09. The van der Waals surface area contributed by atoms with Gasteiger partial charge in [0.2, 0.25) is 0 Å². The van der Waals surface area contributed by atoms with Crippen LogP contribution in [0.1, 0.15) is 57.8 Å². The summed E-state index contributed by atoms with van der Waals surface area (Å²) in [5.41, 5.74) is 0. The summed E-state index contributed by atoms with van der Waals surface area (Å²) < 4.78 is 16.8. The maximum atomic E-state index is 6.01. The number of alkyl halides is 1. The molecule has 0 bridgehead atoms. The van der Waals surface area contributed by atoms with Crippen molar-refractivity contribution in [1.82, 2.24) is 0 Å². The largest absolute Gasteiger partial charge is 0.467 e. The van der Waals surface area contributed by atoms with E-state index in [1.54, 1.807) is 13.4 Å². The van der Waals surface area contributed by atoms with E-state index in [2.05, 4.69) is 15.9 Å². The van der Waals surface area contributed by atoms with Crippen molar-refractivity contribution in [2.45, 2.75) is 57.8 Å². The molecule has 3 nitrogen and oxygen atoms in total. The molecular formula is C15H25BrO3. The van der Waals surface area contributed by atoms with Gasteiger partial charge in [0.15, 0.2) is 5.79 Å². The van der Waals surface area contributed by atoms with Crippen LogP contribution in [0.25, 0.3) is 0 Å². The van der Waals surface area contributed by atoms with Crippen molar-refractivity contribution in [2.75, 3.05) is 12.4 Å². The summed E-state index contributed by atoms with van der Waals surface area (Å²) in [6, 6.07) is 3.87. The third-order valence-electron chi connectivity index (χ3n) is 3.13. The van der Waals surface area contributed by atoms with E-state index in [0.29, 0.717) is 0 Å². The minimum atomic E-state index is -0.590. The smallest absolute Gasteiger partial charge is 0.163 e. The molecule has 0 aliphatic rings. The summed E-state index contributed by atoms with van der Waals surface area (Å²) >= 11 is 3.45. The lowest BCUT2D eigenvalue weighted by Crippen LogP contribution is -2.28. The van der Waals surface area contributed by atoms with Crippen LogP contribution in [0, 0.1) is 0 Å². The molecule has 0 saturated carbocycles. The Morgan fingerprint density at radius 3 is 2.58 bits per heavy atom. The van der Waals surface area contributed by atoms with E-state index >= 15 is 0 Å². The van der Waals surface area contributed by atoms with Gasteiger partial charge in [-0.25, -0.2) is 0 Å². The number of unbranched alkanes of at least 4 members (excludes halogenated alkanes) is 3. The van der Waals surface area contributed by atoms with Crippen LogP contribution in [0.5, 0.6) is 0 Å². The number of hydrogen-bond donors (Lipinski definition) is 0. The Morgan fingerprint density at radius 1 is 1.26 bits per heavy atom. The molecule has 4 heteroatoms. The van der Waals surface area contributed by atoms with E-state index in [0.717, 1.165) is 23.9 Å². The fourth-order valence-electron chi connectivity index (χ4n) is 1.90. The molecule has 1 unspecified atom stereocenters. The molecular weight excluding hydrogens is 308 g/mol. The van der Waals surface area contributed by atoms with Crippen LogP contribution in [0.2, 0.25) is 0 Å². The SMILES string of the molecule is COC(C)(C)OC(CCCCCCBr)c1ccco1. The normalized spacial score (nSPS) is 13.7. The van der Waals surface area contributed by atoms with Crippen LogP contribution in [0.4, 0.5) is 0 Å². The monoisotopic (exact) mass is 332 g/mol. The first-order valence-corrected chi connectivity index (χ1v) is 8.03. The highest BCUT2D eigenvalue weighted by Crippen LogP contribution is 2.29. The lowest BCUT2D eigenvalue weighted by atomic mass is 10.1. The summed E-state index contributed by atoms with van der Waals surface area (Å²) in [7, 11) is 1.66. The molecule has 1 aromatic rings. The van der Waals surface area contributed by atoms with Gasteiger partial charge in [-0.1, -0.05) is 35.2 Å². The Hall–Kier alpha value is -0.320. The van der Waals surface area contributed by atoms with Gasteiger partial charge in [-0.3, -0.25) is 0 Å². The van der Waals surface area contributed by atoms with Crippen molar-refractivity contribution in [2.24, 2.45) is 0 Å². The Labute approximate surface area is 124 Å². The summed E-state index contributed by atoms with van der Waals surface area (Å²) in [6.45, 7) is 3.85. The summed E-state index contributed by atoms with van der Waals surface area (Å²) in [6.07, 6.45) is 7.46. The summed E-state index contributed by atoms with van der Waals surface area (Å²) in [5.74, 6) is 0.290. The Balaban J connectivity index is 2.47. The zero-order chi connectivity index (χ0) is 14.1. The van der Waals surface area contributed by atoms with E-state index in [9.17, 15) is 0 Å². The van der Waals surface area contributed by atoms with Crippen LogP contribution < -0.4 is 0 Å². The second kappa shape index (κ2) is 8.77. The molecule has 1 heterocycles. The second-order valence-corrected chi connectivity index (χ2v) is 5.91. The van der Waals surface area contributed by atoms with Crippen molar-refractivity contribution in [3.8, 4) is 0 Å². The maximum absolute atomic E-state index is 6.01. The lowest BCUT2D eigenvalue weighted by molar-refractivity contribution is -0.230. The number of methoxy groups -OCH3 is 1. The van der Waals surface area contributed by atoms with Gasteiger partial charge >= 0.3 is 0 Å². The van der Waals surface area contributed by atoms with Crippen LogP contribution in [-0.4, -0.2) is 18.2 Å². The Morgan fingerprint density at radius 2 is 2.00 bits per heavy atom. The van der Waals surface area contributed by atoms with Gasteiger partial charge in [-0.05, 0) is 38.8 Å². The maximum Gasteiger partial charge on any atom is 0.163 e. The van der Waals surface area contributed by atoms with Crippen molar-refractivity contribution < 1.29 is 13.9 Å². The zero-order valence-corrected chi connectivity index (χ0v) is 13.7. The highest BCUT2D eigenvalue weighted by Gasteiger charge is 2.25. The average molecular weight is 333 g/mol. The fraction of sp³-hybridized carbons (Fsp3) is 0.733. The highest BCUT2D eigenvalue weighted by molar-refractivity contribution is 9.09. The molecule has 0 aliphatic carbocycles. The molecule has 0 radical (unpaired) electrons. The summed E-state index contributed by atoms with van der Waals surface area (Å²) in [5, 5.41) is 1.09. The topological polar surface area (TPSA) is 31.6 Å². The average Bonchev–Trinajstić information content (AvgIpc) is 2.91. The quantitative estimate of drug-likeness (QED) is 0.340. The molecule has 1 aromatic heterocycles. The molecule has 0 saturated heterocycles. The molecule has 0 N–H and O–H groups in total. The molecule has 0 aliphatic heterocycles. The van der Waals surface area contributed by atoms with Crippen LogP contribution in [0.15, 0.2) is 22.8 Å². The fourth-order valence-corrected chi connectivity index (χ4v) is 2.30. The molecule has 0 spiro atoms. The van der Waals surface area contributed by atoms with Crippen molar-refractivity contribution in [3.63, 3.8) is 0 Å². The molecule has 19 heavy (non-hydrogen) atoms. The van der Waals surface area contributed by atoms with E-state index in [4.69, 9.17) is 13.9 Å². The van der Waals surface area contributed by atoms with Crippen LogP contribution in [0.3, 0.4) is 0 Å². The molecule has 110 valence electrons. The van der Waals surface area contributed by atoms with Gasteiger partial charge in [0.25, 0.3) is 0 Å². The number of ether oxygens (including phenoxy) is 2. The number of furan rings is 1. The molecule has 0 aromatic carbocycles. The molecule has 1 atom stereocenters.